The predicted molar refractivity (Wildman–Crippen MR) is 136 cm³/mol. The highest BCUT2D eigenvalue weighted by atomic mass is 32.2. The van der Waals surface area contributed by atoms with E-state index >= 15 is 4.39 Å². The standard InChI is InChI=1S/C28H33F3N2O4S/c1-20-7-9-24(10-8-20)38(35,36)33-15-3-6-25(33)26(34)32(23-11-13-28(30,31)14-12-23)17-21-4-2-5-22(16-21)27(29)18-37-19-27/h2,4-5,7-10,16,23,25H,3,6,11-15,17-19H2,1H3/t25-/m0/s1. The zero-order chi connectivity index (χ0) is 27.1. The molecule has 2 aliphatic heterocycles. The zero-order valence-electron chi connectivity index (χ0n) is 21.4. The number of hydrogen-bond acceptors (Lipinski definition) is 4. The summed E-state index contributed by atoms with van der Waals surface area (Å²) in [5.41, 5.74) is 0.461. The second-order valence-electron chi connectivity index (χ2n) is 10.8. The summed E-state index contributed by atoms with van der Waals surface area (Å²) in [5, 5.41) is 0. The van der Waals surface area contributed by atoms with Crippen LogP contribution in [0.1, 0.15) is 55.2 Å². The Morgan fingerprint density at radius 2 is 1.74 bits per heavy atom. The quantitative estimate of drug-likeness (QED) is 0.490. The predicted octanol–water partition coefficient (Wildman–Crippen LogP) is 4.95. The van der Waals surface area contributed by atoms with Crippen molar-refractivity contribution in [3.8, 4) is 0 Å². The Morgan fingerprint density at radius 3 is 2.37 bits per heavy atom. The number of carbonyl (C=O) groups is 1. The molecule has 1 amide bonds. The number of ether oxygens (including phenoxy) is 1. The van der Waals surface area contributed by atoms with Crippen molar-refractivity contribution in [2.45, 2.75) is 80.6 Å². The molecule has 3 aliphatic rings. The van der Waals surface area contributed by atoms with E-state index in [2.05, 4.69) is 0 Å². The third-order valence-corrected chi connectivity index (χ3v) is 9.91. The van der Waals surface area contributed by atoms with E-state index in [1.54, 1.807) is 41.3 Å². The molecule has 0 N–H and O–H groups in total. The Labute approximate surface area is 221 Å². The summed E-state index contributed by atoms with van der Waals surface area (Å²) in [6.07, 6.45) is 0.463. The molecule has 38 heavy (non-hydrogen) atoms. The maximum Gasteiger partial charge on any atom is 0.248 e. The molecule has 2 heterocycles. The van der Waals surface area contributed by atoms with Gasteiger partial charge in [-0.2, -0.15) is 4.31 Å². The molecule has 2 aromatic carbocycles. The van der Waals surface area contributed by atoms with E-state index in [0.29, 0.717) is 24.0 Å². The van der Waals surface area contributed by atoms with Crippen molar-refractivity contribution < 1.29 is 31.1 Å². The Balaban J connectivity index is 1.43. The number of sulfonamides is 1. The van der Waals surface area contributed by atoms with Crippen molar-refractivity contribution in [1.82, 2.24) is 9.21 Å². The van der Waals surface area contributed by atoms with Gasteiger partial charge in [-0.15, -0.1) is 0 Å². The minimum atomic E-state index is -3.92. The molecule has 0 unspecified atom stereocenters. The summed E-state index contributed by atoms with van der Waals surface area (Å²) in [6.45, 7) is 2.09. The van der Waals surface area contributed by atoms with Gasteiger partial charge in [-0.1, -0.05) is 42.0 Å². The summed E-state index contributed by atoms with van der Waals surface area (Å²) in [4.78, 5) is 15.7. The number of aryl methyl sites for hydroxylation is 1. The van der Waals surface area contributed by atoms with E-state index in [-0.39, 0.29) is 62.8 Å². The van der Waals surface area contributed by atoms with Gasteiger partial charge in [-0.05, 0) is 55.9 Å². The van der Waals surface area contributed by atoms with Gasteiger partial charge in [-0.3, -0.25) is 4.79 Å². The van der Waals surface area contributed by atoms with Crippen molar-refractivity contribution in [2.75, 3.05) is 19.8 Å². The molecule has 0 radical (unpaired) electrons. The van der Waals surface area contributed by atoms with Crippen LogP contribution >= 0.6 is 0 Å². The fourth-order valence-electron chi connectivity index (χ4n) is 5.63. The van der Waals surface area contributed by atoms with Gasteiger partial charge in [0.2, 0.25) is 21.9 Å². The number of hydrogen-bond donors (Lipinski definition) is 0. The first-order valence-electron chi connectivity index (χ1n) is 13.1. The average Bonchev–Trinajstić information content (AvgIpc) is 3.37. The van der Waals surface area contributed by atoms with Crippen LogP contribution in [0.5, 0.6) is 0 Å². The van der Waals surface area contributed by atoms with E-state index in [9.17, 15) is 22.0 Å². The number of amides is 1. The smallest absolute Gasteiger partial charge is 0.248 e. The van der Waals surface area contributed by atoms with Gasteiger partial charge in [0.05, 0.1) is 18.1 Å². The Bertz CT molecular complexity index is 1270. The third-order valence-electron chi connectivity index (χ3n) is 7.99. The van der Waals surface area contributed by atoms with Crippen LogP contribution in [0, 0.1) is 6.92 Å². The van der Waals surface area contributed by atoms with Gasteiger partial charge in [0, 0.05) is 32.0 Å². The monoisotopic (exact) mass is 550 g/mol. The van der Waals surface area contributed by atoms with Gasteiger partial charge < -0.3 is 9.64 Å². The first kappa shape index (κ1) is 27.1. The lowest BCUT2D eigenvalue weighted by atomic mass is 9.89. The lowest BCUT2D eigenvalue weighted by Gasteiger charge is -2.39. The molecule has 3 fully saturated rings. The highest BCUT2D eigenvalue weighted by molar-refractivity contribution is 7.89. The second-order valence-corrected chi connectivity index (χ2v) is 12.7. The summed E-state index contributed by atoms with van der Waals surface area (Å²) in [5.74, 6) is -3.16. The Kier molecular flexibility index (Phi) is 7.34. The Morgan fingerprint density at radius 1 is 1.05 bits per heavy atom. The number of nitrogens with zero attached hydrogens (tertiary/aromatic N) is 2. The highest BCUT2D eigenvalue weighted by Crippen LogP contribution is 2.38. The van der Waals surface area contributed by atoms with Crippen LogP contribution < -0.4 is 0 Å². The summed E-state index contributed by atoms with van der Waals surface area (Å²) in [6, 6.07) is 12.0. The van der Waals surface area contributed by atoms with Crippen molar-refractivity contribution in [3.63, 3.8) is 0 Å². The maximum atomic E-state index is 15.0. The normalized spacial score (nSPS) is 23.6. The van der Waals surface area contributed by atoms with Crippen molar-refractivity contribution >= 4 is 15.9 Å². The molecule has 1 atom stereocenters. The number of halogens is 3. The molecule has 2 saturated heterocycles. The first-order chi connectivity index (χ1) is 18.0. The molecule has 10 heteroatoms. The maximum absolute atomic E-state index is 15.0. The third kappa shape index (κ3) is 5.35. The molecule has 206 valence electrons. The van der Waals surface area contributed by atoms with E-state index < -0.39 is 33.7 Å². The molecule has 6 nitrogen and oxygen atoms in total. The first-order valence-corrected chi connectivity index (χ1v) is 14.6. The topological polar surface area (TPSA) is 66.9 Å². The lowest BCUT2D eigenvalue weighted by Crippen LogP contribution is -2.52. The largest absolute Gasteiger partial charge is 0.374 e. The molecule has 1 aliphatic carbocycles. The molecule has 0 aromatic heterocycles. The van der Waals surface area contributed by atoms with Crippen molar-refractivity contribution in [1.29, 1.82) is 0 Å². The van der Waals surface area contributed by atoms with Gasteiger partial charge in [0.15, 0.2) is 5.67 Å². The Hall–Kier alpha value is -2.43. The van der Waals surface area contributed by atoms with Crippen LogP contribution in [0.3, 0.4) is 0 Å². The fraction of sp³-hybridized carbons (Fsp3) is 0.536. The van der Waals surface area contributed by atoms with E-state index in [1.165, 1.54) is 16.4 Å². The lowest BCUT2D eigenvalue weighted by molar-refractivity contribution is -0.141. The van der Waals surface area contributed by atoms with Gasteiger partial charge in [-0.25, -0.2) is 21.6 Å². The van der Waals surface area contributed by atoms with Crippen LogP contribution in [0.4, 0.5) is 13.2 Å². The van der Waals surface area contributed by atoms with Crippen LogP contribution in [0.2, 0.25) is 0 Å². The van der Waals surface area contributed by atoms with Gasteiger partial charge in [0.1, 0.15) is 6.04 Å². The van der Waals surface area contributed by atoms with Crippen LogP contribution in [-0.2, 0) is 31.8 Å². The molecule has 1 saturated carbocycles. The van der Waals surface area contributed by atoms with Crippen LogP contribution in [0.15, 0.2) is 53.4 Å². The van der Waals surface area contributed by atoms with Crippen molar-refractivity contribution in [3.05, 3.63) is 65.2 Å². The summed E-state index contributed by atoms with van der Waals surface area (Å²) >= 11 is 0. The minimum absolute atomic E-state index is 0.0370. The van der Waals surface area contributed by atoms with Crippen LogP contribution in [0.25, 0.3) is 0 Å². The van der Waals surface area contributed by atoms with Gasteiger partial charge in [0.25, 0.3) is 0 Å². The molecule has 0 bridgehead atoms. The molecule has 5 rings (SSSR count). The highest BCUT2D eigenvalue weighted by Gasteiger charge is 2.45. The molecule has 0 spiro atoms. The van der Waals surface area contributed by atoms with E-state index in [0.717, 1.165) is 5.56 Å². The number of benzene rings is 2. The summed E-state index contributed by atoms with van der Waals surface area (Å²) in [7, 11) is -3.92. The molecule has 2 aromatic rings. The summed E-state index contributed by atoms with van der Waals surface area (Å²) < 4.78 is 76.3. The van der Waals surface area contributed by atoms with E-state index in [4.69, 9.17) is 4.74 Å². The second kappa shape index (κ2) is 10.3. The zero-order valence-corrected chi connectivity index (χ0v) is 22.2. The average molecular weight is 551 g/mol. The van der Waals surface area contributed by atoms with E-state index in [1.807, 2.05) is 6.92 Å². The fourth-order valence-corrected chi connectivity index (χ4v) is 7.28. The molecular formula is C28H33F3N2O4S. The van der Waals surface area contributed by atoms with Gasteiger partial charge >= 0.3 is 0 Å². The van der Waals surface area contributed by atoms with Crippen LogP contribution in [-0.4, -0.2) is 61.3 Å². The minimum Gasteiger partial charge on any atom is -0.374 e. The number of rotatable bonds is 7. The SMILES string of the molecule is Cc1ccc(S(=O)(=O)N2CCC[C@H]2C(=O)N(Cc2cccc(C3(F)COC3)c2)C2CCC(F)(F)CC2)cc1. The number of carbonyl (C=O) groups excluding carboxylic acids is 1. The molecular weight excluding hydrogens is 517 g/mol. The number of alkyl halides is 3. The van der Waals surface area contributed by atoms with Crippen molar-refractivity contribution in [2.24, 2.45) is 0 Å².